The van der Waals surface area contributed by atoms with Crippen LogP contribution in [-0.2, 0) is 9.59 Å². The maximum Gasteiger partial charge on any atom is 0.490 e. The highest BCUT2D eigenvalue weighted by Gasteiger charge is 2.38. The molecule has 0 aliphatic carbocycles. The average Bonchev–Trinajstić information content (AvgIpc) is 3.47. The van der Waals surface area contributed by atoms with Crippen molar-refractivity contribution in [2.75, 3.05) is 25.0 Å². The first-order valence-electron chi connectivity index (χ1n) is 10.4. The van der Waals surface area contributed by atoms with Crippen molar-refractivity contribution in [3.63, 3.8) is 0 Å². The molecular weight excluding hydrogens is 457 g/mol. The number of carboxylic acids is 1. The second kappa shape index (κ2) is 9.49. The Labute approximate surface area is 191 Å². The minimum absolute atomic E-state index is 0.0147. The lowest BCUT2D eigenvalue weighted by molar-refractivity contribution is -0.192. The Hall–Kier alpha value is -3.96. The largest absolute Gasteiger partial charge is 0.490 e. The Morgan fingerprint density at radius 3 is 2.65 bits per heavy atom. The number of nitrogens with one attached hydrogen (secondary N) is 2. The molecule has 3 N–H and O–H groups in total. The van der Waals surface area contributed by atoms with E-state index in [4.69, 9.17) is 19.4 Å². The normalized spacial score (nSPS) is 19.3. The van der Waals surface area contributed by atoms with Gasteiger partial charge in [0.15, 0.2) is 11.5 Å². The van der Waals surface area contributed by atoms with Gasteiger partial charge in [-0.2, -0.15) is 18.3 Å². The third-order valence-electron chi connectivity index (χ3n) is 5.34. The number of benzene rings is 2. The predicted molar refractivity (Wildman–Crippen MR) is 115 cm³/mol. The van der Waals surface area contributed by atoms with E-state index in [2.05, 4.69) is 21.6 Å². The molecule has 0 spiro atoms. The van der Waals surface area contributed by atoms with Gasteiger partial charge in [0.25, 0.3) is 5.91 Å². The second-order valence-corrected chi connectivity index (χ2v) is 7.75. The van der Waals surface area contributed by atoms with Crippen molar-refractivity contribution in [3.8, 4) is 11.5 Å². The van der Waals surface area contributed by atoms with E-state index in [0.29, 0.717) is 24.6 Å². The van der Waals surface area contributed by atoms with Crippen LogP contribution >= 0.6 is 0 Å². The molecule has 2 aliphatic rings. The van der Waals surface area contributed by atoms with Crippen LogP contribution in [0.4, 0.5) is 18.9 Å². The van der Waals surface area contributed by atoms with Gasteiger partial charge in [0.05, 0.1) is 11.7 Å². The SMILES string of the molecule is O=C(C1COc2ccccc2O1)N1CCC(Nc2ccc3[nH]ncc3c2)C1.O=C(O)C(F)(F)F. The number of carboxylic acid groups (broad SMARTS) is 1. The van der Waals surface area contributed by atoms with E-state index in [9.17, 15) is 18.0 Å². The number of aromatic nitrogens is 2. The summed E-state index contributed by atoms with van der Waals surface area (Å²) in [5, 5.41) is 18.7. The first-order chi connectivity index (χ1) is 16.2. The number of nitrogens with zero attached hydrogens (tertiary/aromatic N) is 2. The number of hydrogen-bond acceptors (Lipinski definition) is 6. The van der Waals surface area contributed by atoms with E-state index in [0.717, 1.165) is 23.0 Å². The van der Waals surface area contributed by atoms with Crippen LogP contribution in [-0.4, -0.2) is 70.1 Å². The zero-order valence-corrected chi connectivity index (χ0v) is 17.7. The molecule has 1 aromatic heterocycles. The molecule has 0 saturated carbocycles. The molecule has 1 fully saturated rings. The molecule has 1 saturated heterocycles. The number of rotatable bonds is 3. The second-order valence-electron chi connectivity index (χ2n) is 7.75. The van der Waals surface area contributed by atoms with Gasteiger partial charge in [-0.25, -0.2) is 4.79 Å². The van der Waals surface area contributed by atoms with Gasteiger partial charge >= 0.3 is 12.1 Å². The van der Waals surface area contributed by atoms with Crippen LogP contribution in [0.15, 0.2) is 48.7 Å². The number of ether oxygens (including phenoxy) is 2. The van der Waals surface area contributed by atoms with Crippen LogP contribution in [0.1, 0.15) is 6.42 Å². The first-order valence-corrected chi connectivity index (χ1v) is 10.4. The Kier molecular flexibility index (Phi) is 6.48. The fraction of sp³-hybridized carbons (Fsp3) is 0.318. The maximum absolute atomic E-state index is 12.8. The highest BCUT2D eigenvalue weighted by molar-refractivity contribution is 5.83. The minimum atomic E-state index is -5.08. The number of fused-ring (bicyclic) bond motifs is 2. The van der Waals surface area contributed by atoms with Gasteiger partial charge < -0.3 is 24.8 Å². The molecule has 180 valence electrons. The van der Waals surface area contributed by atoms with Crippen LogP contribution in [0.2, 0.25) is 0 Å². The van der Waals surface area contributed by atoms with E-state index in [1.165, 1.54) is 0 Å². The van der Waals surface area contributed by atoms with Gasteiger partial charge in [0, 0.05) is 30.2 Å². The summed E-state index contributed by atoms with van der Waals surface area (Å²) in [6.45, 7) is 1.62. The van der Waals surface area contributed by atoms with Crippen molar-refractivity contribution in [3.05, 3.63) is 48.7 Å². The van der Waals surface area contributed by atoms with Gasteiger partial charge in [-0.1, -0.05) is 12.1 Å². The fourth-order valence-electron chi connectivity index (χ4n) is 3.69. The van der Waals surface area contributed by atoms with Crippen LogP contribution in [0.25, 0.3) is 10.9 Å². The fourth-order valence-corrected chi connectivity index (χ4v) is 3.69. The Bertz CT molecular complexity index is 1180. The molecule has 1 amide bonds. The molecule has 9 nitrogen and oxygen atoms in total. The highest BCUT2D eigenvalue weighted by Crippen LogP contribution is 2.31. The number of amides is 1. The Balaban J connectivity index is 0.000000344. The summed E-state index contributed by atoms with van der Waals surface area (Å²) >= 11 is 0. The van der Waals surface area contributed by atoms with E-state index in [-0.39, 0.29) is 18.6 Å². The smallest absolute Gasteiger partial charge is 0.485 e. The van der Waals surface area contributed by atoms with Gasteiger partial charge in [0.1, 0.15) is 6.61 Å². The molecule has 2 atom stereocenters. The predicted octanol–water partition coefficient (Wildman–Crippen LogP) is 3.05. The number of likely N-dealkylation sites (tertiary alicyclic amines) is 1. The third-order valence-corrected chi connectivity index (χ3v) is 5.34. The van der Waals surface area contributed by atoms with Crippen molar-refractivity contribution in [1.82, 2.24) is 15.1 Å². The molecule has 3 heterocycles. The number of aliphatic carboxylic acids is 1. The number of halogens is 3. The van der Waals surface area contributed by atoms with Crippen molar-refractivity contribution < 1.29 is 37.3 Å². The monoisotopic (exact) mass is 478 g/mol. The van der Waals surface area contributed by atoms with Crippen LogP contribution in [0, 0.1) is 0 Å². The first kappa shape index (κ1) is 23.2. The van der Waals surface area contributed by atoms with Crippen LogP contribution in [0.3, 0.4) is 0 Å². The Morgan fingerprint density at radius 1 is 1.18 bits per heavy atom. The van der Waals surface area contributed by atoms with Crippen LogP contribution < -0.4 is 14.8 Å². The molecule has 5 rings (SSSR count). The lowest BCUT2D eigenvalue weighted by Crippen LogP contribution is -2.46. The molecular formula is C22H21F3N4O5. The topological polar surface area (TPSA) is 117 Å². The van der Waals surface area contributed by atoms with Crippen molar-refractivity contribution >= 4 is 28.5 Å². The molecule has 12 heteroatoms. The van der Waals surface area contributed by atoms with Gasteiger partial charge in [0.2, 0.25) is 6.10 Å². The minimum Gasteiger partial charge on any atom is -0.485 e. The van der Waals surface area contributed by atoms with E-state index >= 15 is 0 Å². The average molecular weight is 478 g/mol. The number of hydrogen-bond donors (Lipinski definition) is 3. The molecule has 2 aromatic carbocycles. The van der Waals surface area contributed by atoms with Crippen LogP contribution in [0.5, 0.6) is 11.5 Å². The van der Waals surface area contributed by atoms with E-state index in [1.807, 2.05) is 47.5 Å². The number of carbonyl (C=O) groups excluding carboxylic acids is 1. The van der Waals surface area contributed by atoms with Crippen molar-refractivity contribution in [1.29, 1.82) is 0 Å². The van der Waals surface area contributed by atoms with Crippen molar-refractivity contribution in [2.24, 2.45) is 0 Å². The Morgan fingerprint density at radius 2 is 1.91 bits per heavy atom. The quantitative estimate of drug-likeness (QED) is 0.530. The lowest BCUT2D eigenvalue weighted by atomic mass is 10.2. The summed E-state index contributed by atoms with van der Waals surface area (Å²) in [4.78, 5) is 23.6. The summed E-state index contributed by atoms with van der Waals surface area (Å²) in [6.07, 6.45) is -2.95. The molecule has 34 heavy (non-hydrogen) atoms. The molecule has 2 aliphatic heterocycles. The standard InChI is InChI=1S/C20H20N4O3.C2HF3O2/c25-20(19-12-26-17-3-1-2-4-18(17)27-19)24-8-7-15(11-24)22-14-5-6-16-13(9-14)10-21-23-16;3-2(4,5)1(6)7/h1-6,9-10,15,19,22H,7-8,11-12H2,(H,21,23);(H,6,7). The highest BCUT2D eigenvalue weighted by atomic mass is 19.4. The van der Waals surface area contributed by atoms with E-state index < -0.39 is 18.2 Å². The summed E-state index contributed by atoms with van der Waals surface area (Å²) in [5.41, 5.74) is 2.05. The van der Waals surface area contributed by atoms with Gasteiger partial charge in [-0.15, -0.1) is 0 Å². The number of alkyl halides is 3. The van der Waals surface area contributed by atoms with Gasteiger partial charge in [-0.05, 0) is 36.8 Å². The number of anilines is 1. The lowest BCUT2D eigenvalue weighted by Gasteiger charge is -2.28. The van der Waals surface area contributed by atoms with Crippen molar-refractivity contribution in [2.45, 2.75) is 24.7 Å². The third kappa shape index (κ3) is 5.33. The van der Waals surface area contributed by atoms with E-state index in [1.54, 1.807) is 0 Å². The zero-order valence-electron chi connectivity index (χ0n) is 17.7. The summed E-state index contributed by atoms with van der Waals surface area (Å²) < 4.78 is 43.3. The summed E-state index contributed by atoms with van der Waals surface area (Å²) in [7, 11) is 0. The number of carbonyl (C=O) groups is 2. The summed E-state index contributed by atoms with van der Waals surface area (Å²) in [6, 6.07) is 13.8. The molecule has 2 unspecified atom stereocenters. The van der Waals surface area contributed by atoms with Gasteiger partial charge in [-0.3, -0.25) is 9.89 Å². The number of para-hydroxylation sites is 2. The summed E-state index contributed by atoms with van der Waals surface area (Å²) in [5.74, 6) is -1.45. The number of aromatic amines is 1. The molecule has 3 aromatic rings. The zero-order chi connectivity index (χ0) is 24.3. The maximum atomic E-state index is 12.8. The molecule has 0 bridgehead atoms. The number of H-pyrrole nitrogens is 1. The molecule has 0 radical (unpaired) electrons.